The van der Waals surface area contributed by atoms with Gasteiger partial charge in [-0.1, -0.05) is 19.8 Å². The summed E-state index contributed by atoms with van der Waals surface area (Å²) in [6.07, 6.45) is 8.21. The van der Waals surface area contributed by atoms with Crippen molar-refractivity contribution < 1.29 is 0 Å². The van der Waals surface area contributed by atoms with Crippen LogP contribution in [0.5, 0.6) is 0 Å². The molecule has 1 heterocycles. The minimum atomic E-state index is 0.472. The van der Waals surface area contributed by atoms with Crippen molar-refractivity contribution in [1.82, 2.24) is 15.1 Å². The van der Waals surface area contributed by atoms with Gasteiger partial charge in [0.25, 0.3) is 0 Å². The van der Waals surface area contributed by atoms with Gasteiger partial charge in [-0.3, -0.25) is 4.90 Å². The zero-order valence-electron chi connectivity index (χ0n) is 12.5. The first-order valence-corrected chi connectivity index (χ1v) is 7.79. The molecule has 2 rings (SSSR count). The highest BCUT2D eigenvalue weighted by Gasteiger charge is 2.38. The lowest BCUT2D eigenvalue weighted by molar-refractivity contribution is 0.104. The number of likely N-dealkylation sites (tertiary alicyclic amines) is 1. The molecule has 0 aromatic heterocycles. The average Bonchev–Trinajstić information content (AvgIpc) is 2.97. The van der Waals surface area contributed by atoms with Crippen LogP contribution in [0, 0.1) is 0 Å². The molecule has 18 heavy (non-hydrogen) atoms. The summed E-state index contributed by atoms with van der Waals surface area (Å²) >= 11 is 0. The first-order valence-electron chi connectivity index (χ1n) is 7.79. The van der Waals surface area contributed by atoms with Gasteiger partial charge in [-0.2, -0.15) is 0 Å². The maximum atomic E-state index is 3.67. The number of rotatable bonds is 6. The van der Waals surface area contributed by atoms with Crippen molar-refractivity contribution in [3.63, 3.8) is 0 Å². The molecule has 1 N–H and O–H groups in total. The summed E-state index contributed by atoms with van der Waals surface area (Å²) in [5.41, 5.74) is 0.472. The van der Waals surface area contributed by atoms with Crippen LogP contribution in [0.15, 0.2) is 0 Å². The highest BCUT2D eigenvalue weighted by Crippen LogP contribution is 2.35. The van der Waals surface area contributed by atoms with E-state index in [0.717, 1.165) is 6.04 Å². The Morgan fingerprint density at radius 2 is 2.00 bits per heavy atom. The number of likely N-dealkylation sites (N-methyl/N-ethyl adjacent to an activating group) is 1. The van der Waals surface area contributed by atoms with Crippen molar-refractivity contribution >= 4 is 0 Å². The summed E-state index contributed by atoms with van der Waals surface area (Å²) in [5, 5.41) is 3.67. The Labute approximate surface area is 113 Å². The highest BCUT2D eigenvalue weighted by atomic mass is 15.3. The van der Waals surface area contributed by atoms with Gasteiger partial charge >= 0.3 is 0 Å². The normalized spacial score (nSPS) is 28.3. The van der Waals surface area contributed by atoms with Crippen LogP contribution >= 0.6 is 0 Å². The second-order valence-electron chi connectivity index (χ2n) is 6.50. The molecule has 106 valence electrons. The van der Waals surface area contributed by atoms with Crippen molar-refractivity contribution in [2.75, 3.05) is 40.3 Å². The molecule has 3 nitrogen and oxygen atoms in total. The smallest absolute Gasteiger partial charge is 0.0330 e. The first kappa shape index (κ1) is 14.3. The molecular weight excluding hydrogens is 222 g/mol. The Bertz CT molecular complexity index is 246. The molecule has 1 saturated carbocycles. The molecule has 0 radical (unpaired) electrons. The van der Waals surface area contributed by atoms with Crippen LogP contribution in [-0.4, -0.2) is 61.7 Å². The zero-order valence-corrected chi connectivity index (χ0v) is 12.5. The third kappa shape index (κ3) is 3.25. The maximum Gasteiger partial charge on any atom is 0.0330 e. The quantitative estimate of drug-likeness (QED) is 0.780. The van der Waals surface area contributed by atoms with E-state index >= 15 is 0 Å². The van der Waals surface area contributed by atoms with Crippen molar-refractivity contribution in [3.8, 4) is 0 Å². The summed E-state index contributed by atoms with van der Waals surface area (Å²) in [7, 11) is 4.54. The number of hydrogen-bond donors (Lipinski definition) is 1. The zero-order chi connectivity index (χ0) is 13.0. The minimum Gasteiger partial charge on any atom is -0.313 e. The second kappa shape index (κ2) is 6.36. The van der Waals surface area contributed by atoms with Gasteiger partial charge in [0.15, 0.2) is 0 Å². The van der Waals surface area contributed by atoms with Crippen LogP contribution in [0.2, 0.25) is 0 Å². The molecule has 1 unspecified atom stereocenters. The minimum absolute atomic E-state index is 0.472. The van der Waals surface area contributed by atoms with E-state index in [1.807, 2.05) is 0 Å². The molecule has 0 spiro atoms. The lowest BCUT2D eigenvalue weighted by Crippen LogP contribution is -2.50. The van der Waals surface area contributed by atoms with E-state index in [1.165, 1.54) is 64.7 Å². The average molecular weight is 253 g/mol. The highest BCUT2D eigenvalue weighted by molar-refractivity contribution is 4.97. The fourth-order valence-corrected chi connectivity index (χ4v) is 3.69. The number of nitrogens with zero attached hydrogens (tertiary/aromatic N) is 2. The van der Waals surface area contributed by atoms with Crippen LogP contribution in [0.25, 0.3) is 0 Å². The largest absolute Gasteiger partial charge is 0.313 e. The van der Waals surface area contributed by atoms with E-state index in [2.05, 4.69) is 36.1 Å². The molecule has 3 heteroatoms. The van der Waals surface area contributed by atoms with Crippen LogP contribution in [-0.2, 0) is 0 Å². The molecule has 2 fully saturated rings. The molecule has 1 atom stereocenters. The maximum absolute atomic E-state index is 3.67. The Balaban J connectivity index is 1.82. The van der Waals surface area contributed by atoms with E-state index < -0.39 is 0 Å². The molecule has 0 aromatic carbocycles. The van der Waals surface area contributed by atoms with Crippen molar-refractivity contribution in [3.05, 3.63) is 0 Å². The lowest BCUT2D eigenvalue weighted by atomic mass is 9.95. The van der Waals surface area contributed by atoms with Crippen LogP contribution in [0.3, 0.4) is 0 Å². The first-order chi connectivity index (χ1) is 8.66. The number of nitrogens with one attached hydrogen (secondary N) is 1. The van der Waals surface area contributed by atoms with Gasteiger partial charge in [0.1, 0.15) is 0 Å². The summed E-state index contributed by atoms with van der Waals surface area (Å²) in [4.78, 5) is 5.19. The Hall–Kier alpha value is -0.120. The van der Waals surface area contributed by atoms with E-state index in [-0.39, 0.29) is 0 Å². The molecule has 2 aliphatic rings. The summed E-state index contributed by atoms with van der Waals surface area (Å²) in [6, 6.07) is 0.741. The van der Waals surface area contributed by atoms with Gasteiger partial charge in [0, 0.05) is 24.7 Å². The van der Waals surface area contributed by atoms with Crippen molar-refractivity contribution in [1.29, 1.82) is 0 Å². The molecule has 0 aromatic rings. The van der Waals surface area contributed by atoms with Gasteiger partial charge in [0.2, 0.25) is 0 Å². The van der Waals surface area contributed by atoms with E-state index in [0.29, 0.717) is 5.54 Å². The number of hydrogen-bond acceptors (Lipinski definition) is 3. The molecular formula is C15H31N3. The third-order valence-electron chi connectivity index (χ3n) is 4.96. The lowest BCUT2D eigenvalue weighted by Gasteiger charge is -2.39. The molecule has 0 amide bonds. The second-order valence-corrected chi connectivity index (χ2v) is 6.50. The van der Waals surface area contributed by atoms with E-state index in [1.54, 1.807) is 0 Å². The van der Waals surface area contributed by atoms with Crippen LogP contribution in [0.4, 0.5) is 0 Å². The summed E-state index contributed by atoms with van der Waals surface area (Å²) in [6.45, 7) is 7.26. The Morgan fingerprint density at radius 3 is 2.61 bits per heavy atom. The predicted octanol–water partition coefficient (Wildman–Crippen LogP) is 1.93. The van der Waals surface area contributed by atoms with Gasteiger partial charge in [0.05, 0.1) is 0 Å². The van der Waals surface area contributed by atoms with Gasteiger partial charge in [-0.05, 0) is 52.9 Å². The van der Waals surface area contributed by atoms with E-state index in [9.17, 15) is 0 Å². The fourth-order valence-electron chi connectivity index (χ4n) is 3.69. The van der Waals surface area contributed by atoms with E-state index in [4.69, 9.17) is 0 Å². The van der Waals surface area contributed by atoms with Gasteiger partial charge in [-0.25, -0.2) is 0 Å². The molecule has 1 saturated heterocycles. The molecule has 1 aliphatic heterocycles. The topological polar surface area (TPSA) is 18.5 Å². The summed E-state index contributed by atoms with van der Waals surface area (Å²) < 4.78 is 0. The molecule has 0 bridgehead atoms. The Kier molecular flexibility index (Phi) is 5.05. The summed E-state index contributed by atoms with van der Waals surface area (Å²) in [5.74, 6) is 0. The fraction of sp³-hybridized carbons (Fsp3) is 1.00. The van der Waals surface area contributed by atoms with Gasteiger partial charge < -0.3 is 10.2 Å². The van der Waals surface area contributed by atoms with Crippen LogP contribution < -0.4 is 5.32 Å². The predicted molar refractivity (Wildman–Crippen MR) is 78.0 cm³/mol. The standard InChI is InChI=1S/C15H31N3/c1-4-10-16-14-7-11-18(12-14)13-15(17(2)3)8-5-6-9-15/h14,16H,4-13H2,1-3H3. The van der Waals surface area contributed by atoms with Crippen LogP contribution in [0.1, 0.15) is 45.4 Å². The van der Waals surface area contributed by atoms with Gasteiger partial charge in [-0.15, -0.1) is 0 Å². The third-order valence-corrected chi connectivity index (χ3v) is 4.96. The molecule has 1 aliphatic carbocycles. The SMILES string of the molecule is CCCNC1CCN(CC2(N(C)C)CCCC2)C1. The van der Waals surface area contributed by atoms with Crippen molar-refractivity contribution in [2.24, 2.45) is 0 Å². The monoisotopic (exact) mass is 253 g/mol. The Morgan fingerprint density at radius 1 is 1.28 bits per heavy atom. The van der Waals surface area contributed by atoms with Crippen molar-refractivity contribution in [2.45, 2.75) is 57.0 Å².